The highest BCUT2D eigenvalue weighted by Gasteiger charge is 2.47. The van der Waals surface area contributed by atoms with Gasteiger partial charge < -0.3 is 10.2 Å². The predicted molar refractivity (Wildman–Crippen MR) is 66.1 cm³/mol. The monoisotopic (exact) mass is 246 g/mol. The van der Waals surface area contributed by atoms with Crippen LogP contribution >= 0.6 is 0 Å². The number of carboxylic acid groups (broad SMARTS) is 2. The minimum atomic E-state index is -2.18. The van der Waals surface area contributed by atoms with E-state index in [2.05, 4.69) is 11.8 Å². The quantitative estimate of drug-likeness (QED) is 0.628. The highest BCUT2D eigenvalue weighted by atomic mass is 16.4. The van der Waals surface area contributed by atoms with E-state index in [0.717, 1.165) is 6.42 Å². The van der Waals surface area contributed by atoms with Gasteiger partial charge in [-0.1, -0.05) is 43.2 Å². The van der Waals surface area contributed by atoms with Crippen molar-refractivity contribution in [2.75, 3.05) is 0 Å². The zero-order valence-electron chi connectivity index (χ0n) is 10.0. The molecule has 18 heavy (non-hydrogen) atoms. The third-order valence-corrected chi connectivity index (χ3v) is 2.50. The number of hydrogen-bond donors (Lipinski definition) is 2. The highest BCUT2D eigenvalue weighted by molar-refractivity contribution is 6.08. The van der Waals surface area contributed by atoms with Crippen LogP contribution in [0.3, 0.4) is 0 Å². The van der Waals surface area contributed by atoms with Crippen molar-refractivity contribution < 1.29 is 19.8 Å². The summed E-state index contributed by atoms with van der Waals surface area (Å²) in [5, 5.41) is 18.5. The van der Waals surface area contributed by atoms with Gasteiger partial charge in [-0.15, -0.1) is 5.92 Å². The molecule has 0 fully saturated rings. The molecule has 0 aliphatic heterocycles. The summed E-state index contributed by atoms with van der Waals surface area (Å²) in [6, 6.07) is 7.80. The van der Waals surface area contributed by atoms with Crippen molar-refractivity contribution in [2.45, 2.75) is 25.2 Å². The number of rotatable bonds is 4. The van der Waals surface area contributed by atoms with Crippen LogP contribution in [0.2, 0.25) is 0 Å². The van der Waals surface area contributed by atoms with Crippen LogP contribution < -0.4 is 0 Å². The Bertz CT molecular complexity index is 480. The topological polar surface area (TPSA) is 74.6 Å². The van der Waals surface area contributed by atoms with E-state index in [9.17, 15) is 19.8 Å². The molecule has 1 aromatic rings. The van der Waals surface area contributed by atoms with E-state index in [1.165, 1.54) is 12.1 Å². The SMILES string of the molecule is CCCC#CC(C(=O)O)(C(=O)O)c1ccccc1. The van der Waals surface area contributed by atoms with Crippen LogP contribution in [0, 0.1) is 11.8 Å². The maximum Gasteiger partial charge on any atom is 0.338 e. The molecule has 0 bridgehead atoms. The normalized spacial score (nSPS) is 10.3. The molecule has 4 nitrogen and oxygen atoms in total. The van der Waals surface area contributed by atoms with Crippen LogP contribution in [-0.4, -0.2) is 22.2 Å². The number of benzene rings is 1. The molecule has 4 heteroatoms. The second kappa shape index (κ2) is 5.87. The van der Waals surface area contributed by atoms with Crippen LogP contribution in [0.15, 0.2) is 30.3 Å². The lowest BCUT2D eigenvalue weighted by Gasteiger charge is -2.19. The van der Waals surface area contributed by atoms with Crippen molar-refractivity contribution in [2.24, 2.45) is 0 Å². The number of carboxylic acids is 2. The molecule has 94 valence electrons. The molecular formula is C14H14O4. The van der Waals surface area contributed by atoms with Crippen LogP contribution in [0.25, 0.3) is 0 Å². The van der Waals surface area contributed by atoms with Crippen molar-refractivity contribution in [1.29, 1.82) is 0 Å². The first-order chi connectivity index (χ1) is 8.55. The molecule has 0 saturated heterocycles. The lowest BCUT2D eigenvalue weighted by Crippen LogP contribution is -2.42. The van der Waals surface area contributed by atoms with Gasteiger partial charge in [0.05, 0.1) is 0 Å². The number of hydrogen-bond acceptors (Lipinski definition) is 2. The van der Waals surface area contributed by atoms with E-state index in [-0.39, 0.29) is 5.56 Å². The molecule has 0 unspecified atom stereocenters. The molecule has 0 aromatic heterocycles. The number of unbranched alkanes of at least 4 members (excludes halogenated alkanes) is 1. The third-order valence-electron chi connectivity index (χ3n) is 2.50. The third kappa shape index (κ3) is 2.51. The van der Waals surface area contributed by atoms with Gasteiger partial charge in [-0.2, -0.15) is 0 Å². The maximum atomic E-state index is 11.4. The van der Waals surface area contributed by atoms with Crippen molar-refractivity contribution in [3.05, 3.63) is 35.9 Å². The van der Waals surface area contributed by atoms with Gasteiger partial charge in [0.2, 0.25) is 5.41 Å². The second-order valence-electron chi connectivity index (χ2n) is 3.78. The Morgan fingerprint density at radius 3 is 2.17 bits per heavy atom. The first-order valence-electron chi connectivity index (χ1n) is 5.58. The van der Waals surface area contributed by atoms with Gasteiger partial charge >= 0.3 is 11.9 Å². The van der Waals surface area contributed by atoms with Gasteiger partial charge in [-0.3, -0.25) is 0 Å². The molecule has 0 spiro atoms. The first kappa shape index (κ1) is 13.8. The molecule has 0 heterocycles. The summed E-state index contributed by atoms with van der Waals surface area (Å²) in [6.45, 7) is 1.89. The summed E-state index contributed by atoms with van der Waals surface area (Å²) in [4.78, 5) is 22.7. The molecule has 1 aromatic carbocycles. The fourth-order valence-corrected chi connectivity index (χ4v) is 1.53. The summed E-state index contributed by atoms with van der Waals surface area (Å²) < 4.78 is 0. The summed E-state index contributed by atoms with van der Waals surface area (Å²) in [5.41, 5.74) is -2.02. The van der Waals surface area contributed by atoms with E-state index in [1.807, 2.05) is 6.92 Å². The van der Waals surface area contributed by atoms with Gasteiger partial charge in [0.25, 0.3) is 0 Å². The van der Waals surface area contributed by atoms with E-state index in [1.54, 1.807) is 18.2 Å². The average Bonchev–Trinajstić information content (AvgIpc) is 2.35. The minimum absolute atomic E-state index is 0.161. The van der Waals surface area contributed by atoms with Crippen molar-refractivity contribution in [1.82, 2.24) is 0 Å². The minimum Gasteiger partial charge on any atom is -0.479 e. The standard InChI is InChI=1S/C14H14O4/c1-2-3-7-10-14(12(15)16,13(17)18)11-8-5-4-6-9-11/h4-6,8-9H,2-3H2,1H3,(H,15,16)(H,17,18). The summed E-state index contributed by atoms with van der Waals surface area (Å²) in [6.07, 6.45) is 1.21. The summed E-state index contributed by atoms with van der Waals surface area (Å²) in [7, 11) is 0. The first-order valence-corrected chi connectivity index (χ1v) is 5.58. The van der Waals surface area contributed by atoms with Crippen molar-refractivity contribution in [3.8, 4) is 11.8 Å². The molecule has 0 atom stereocenters. The van der Waals surface area contributed by atoms with Gasteiger partial charge in [0.1, 0.15) is 0 Å². The predicted octanol–water partition coefficient (Wildman–Crippen LogP) is 1.90. The fourth-order valence-electron chi connectivity index (χ4n) is 1.53. The van der Waals surface area contributed by atoms with Crippen LogP contribution in [0.4, 0.5) is 0 Å². The molecule has 0 aliphatic carbocycles. The summed E-state index contributed by atoms with van der Waals surface area (Å²) >= 11 is 0. The lowest BCUT2D eigenvalue weighted by molar-refractivity contribution is -0.154. The Hall–Kier alpha value is -2.28. The molecular weight excluding hydrogens is 232 g/mol. The Kier molecular flexibility index (Phi) is 4.50. The summed E-state index contributed by atoms with van der Waals surface area (Å²) in [5.74, 6) is 2.09. The molecule has 1 rings (SSSR count). The molecule has 0 saturated carbocycles. The van der Waals surface area contributed by atoms with Gasteiger partial charge in [0.15, 0.2) is 0 Å². The van der Waals surface area contributed by atoms with E-state index in [0.29, 0.717) is 6.42 Å². The van der Waals surface area contributed by atoms with E-state index < -0.39 is 17.4 Å². The zero-order valence-corrected chi connectivity index (χ0v) is 10.0. The van der Waals surface area contributed by atoms with Gasteiger partial charge in [-0.25, -0.2) is 9.59 Å². The van der Waals surface area contributed by atoms with Crippen molar-refractivity contribution in [3.63, 3.8) is 0 Å². The van der Waals surface area contributed by atoms with E-state index >= 15 is 0 Å². The van der Waals surface area contributed by atoms with Crippen LogP contribution in [0.5, 0.6) is 0 Å². The Morgan fingerprint density at radius 2 is 1.72 bits per heavy atom. The Morgan fingerprint density at radius 1 is 1.17 bits per heavy atom. The smallest absolute Gasteiger partial charge is 0.338 e. The zero-order chi connectivity index (χ0) is 13.6. The van der Waals surface area contributed by atoms with Gasteiger partial charge in [0, 0.05) is 6.42 Å². The lowest BCUT2D eigenvalue weighted by atomic mass is 9.81. The number of aliphatic carboxylic acids is 2. The second-order valence-corrected chi connectivity index (χ2v) is 3.78. The highest BCUT2D eigenvalue weighted by Crippen LogP contribution is 2.24. The average molecular weight is 246 g/mol. The molecule has 0 radical (unpaired) electrons. The Balaban J connectivity index is 3.38. The maximum absolute atomic E-state index is 11.4. The molecule has 2 N–H and O–H groups in total. The van der Waals surface area contributed by atoms with Gasteiger partial charge in [-0.05, 0) is 12.0 Å². The van der Waals surface area contributed by atoms with Crippen LogP contribution in [-0.2, 0) is 15.0 Å². The Labute approximate surface area is 105 Å². The largest absolute Gasteiger partial charge is 0.479 e. The van der Waals surface area contributed by atoms with Crippen LogP contribution in [0.1, 0.15) is 25.3 Å². The number of carbonyl (C=O) groups is 2. The van der Waals surface area contributed by atoms with Crippen molar-refractivity contribution >= 4 is 11.9 Å². The molecule has 0 amide bonds. The molecule has 0 aliphatic rings. The fraction of sp³-hybridized carbons (Fsp3) is 0.286. The van der Waals surface area contributed by atoms with E-state index in [4.69, 9.17) is 0 Å².